The van der Waals surface area contributed by atoms with Crippen molar-refractivity contribution in [2.24, 2.45) is 15.9 Å². The predicted octanol–water partition coefficient (Wildman–Crippen LogP) is 3.00. The van der Waals surface area contributed by atoms with Crippen LogP contribution >= 0.6 is 11.8 Å². The molecule has 0 aromatic carbocycles. The lowest BCUT2D eigenvalue weighted by Crippen LogP contribution is -2.43. The Kier molecular flexibility index (Phi) is 5.64. The SMILES string of the molecule is O=C1NC(CSC2CCNCC2)=NC2=CC(=NC3CCC(F)(F)C3)C=C(F)C12. The van der Waals surface area contributed by atoms with Crippen LogP contribution in [0.5, 0.6) is 0 Å². The summed E-state index contributed by atoms with van der Waals surface area (Å²) in [5.41, 5.74) is 0.573. The number of piperidine rings is 1. The van der Waals surface area contributed by atoms with Crippen LogP contribution in [0.1, 0.15) is 32.1 Å². The number of hydrogen-bond acceptors (Lipinski definition) is 5. The molecule has 0 aromatic heterocycles. The number of rotatable bonds is 4. The maximum Gasteiger partial charge on any atom is 0.250 e. The van der Waals surface area contributed by atoms with Gasteiger partial charge < -0.3 is 10.6 Å². The fourth-order valence-corrected chi connectivity index (χ4v) is 5.05. The fraction of sp³-hybridized carbons (Fsp3) is 0.632. The summed E-state index contributed by atoms with van der Waals surface area (Å²) in [6.45, 7) is 1.97. The molecule has 2 aliphatic heterocycles. The normalized spacial score (nSPS) is 31.8. The molecule has 1 saturated carbocycles. The van der Waals surface area contributed by atoms with Crippen molar-refractivity contribution in [3.8, 4) is 0 Å². The van der Waals surface area contributed by atoms with Crippen molar-refractivity contribution in [3.63, 3.8) is 0 Å². The van der Waals surface area contributed by atoms with E-state index in [9.17, 15) is 18.0 Å². The highest BCUT2D eigenvalue weighted by atomic mass is 32.2. The first-order valence-electron chi connectivity index (χ1n) is 9.65. The third-order valence-electron chi connectivity index (χ3n) is 5.40. The van der Waals surface area contributed by atoms with Gasteiger partial charge in [-0.1, -0.05) is 0 Å². The summed E-state index contributed by atoms with van der Waals surface area (Å²) in [4.78, 5) is 21.1. The van der Waals surface area contributed by atoms with E-state index in [0.29, 0.717) is 22.5 Å². The van der Waals surface area contributed by atoms with Gasteiger partial charge in [0.2, 0.25) is 11.8 Å². The van der Waals surface area contributed by atoms with E-state index in [0.717, 1.165) is 32.0 Å². The molecule has 2 N–H and O–H groups in total. The largest absolute Gasteiger partial charge is 0.317 e. The van der Waals surface area contributed by atoms with Crippen molar-refractivity contribution in [3.05, 3.63) is 23.7 Å². The Morgan fingerprint density at radius 1 is 1.25 bits per heavy atom. The van der Waals surface area contributed by atoms with E-state index >= 15 is 0 Å². The number of amidine groups is 1. The molecule has 0 radical (unpaired) electrons. The summed E-state index contributed by atoms with van der Waals surface area (Å²) in [5, 5.41) is 6.52. The molecule has 0 spiro atoms. The third kappa shape index (κ3) is 4.51. The molecule has 2 fully saturated rings. The highest BCUT2D eigenvalue weighted by molar-refractivity contribution is 8.00. The summed E-state index contributed by atoms with van der Waals surface area (Å²) in [7, 11) is 0. The molecule has 1 saturated heterocycles. The van der Waals surface area contributed by atoms with Gasteiger partial charge in [0, 0.05) is 18.1 Å². The summed E-state index contributed by atoms with van der Waals surface area (Å²) in [6, 6.07) is -0.529. The van der Waals surface area contributed by atoms with Crippen molar-refractivity contribution in [1.82, 2.24) is 10.6 Å². The molecule has 5 nitrogen and oxygen atoms in total. The van der Waals surface area contributed by atoms with Crippen molar-refractivity contribution in [2.75, 3.05) is 18.8 Å². The van der Waals surface area contributed by atoms with E-state index in [1.165, 1.54) is 0 Å². The number of carbonyl (C=O) groups is 1. The Morgan fingerprint density at radius 2 is 2.04 bits per heavy atom. The Labute approximate surface area is 166 Å². The molecular formula is C19H23F3N4OS. The van der Waals surface area contributed by atoms with Crippen molar-refractivity contribution >= 4 is 29.2 Å². The van der Waals surface area contributed by atoms with Gasteiger partial charge in [0.05, 0.1) is 23.2 Å². The number of hydrogen-bond donors (Lipinski definition) is 2. The molecule has 152 valence electrons. The van der Waals surface area contributed by atoms with Crippen LogP contribution in [0, 0.1) is 5.92 Å². The molecule has 1 amide bonds. The third-order valence-corrected chi connectivity index (χ3v) is 6.78. The van der Waals surface area contributed by atoms with Crippen LogP contribution in [0.15, 0.2) is 33.7 Å². The molecule has 4 aliphatic rings. The van der Waals surface area contributed by atoms with Crippen LogP contribution < -0.4 is 10.6 Å². The molecule has 2 heterocycles. The number of aliphatic imine (C=N–C) groups is 2. The van der Waals surface area contributed by atoms with Gasteiger partial charge in [0.15, 0.2) is 0 Å². The number of nitrogens with zero attached hydrogens (tertiary/aromatic N) is 2. The van der Waals surface area contributed by atoms with Crippen LogP contribution in [0.4, 0.5) is 13.2 Å². The predicted molar refractivity (Wildman–Crippen MR) is 105 cm³/mol. The number of fused-ring (bicyclic) bond motifs is 1. The zero-order chi connectivity index (χ0) is 19.7. The van der Waals surface area contributed by atoms with Crippen LogP contribution in [0.2, 0.25) is 0 Å². The van der Waals surface area contributed by atoms with Crippen molar-refractivity contribution in [1.29, 1.82) is 0 Å². The zero-order valence-corrected chi connectivity index (χ0v) is 16.2. The van der Waals surface area contributed by atoms with Gasteiger partial charge in [-0.15, -0.1) is 0 Å². The van der Waals surface area contributed by atoms with Crippen molar-refractivity contribution in [2.45, 2.75) is 49.3 Å². The highest BCUT2D eigenvalue weighted by Gasteiger charge is 2.40. The number of amides is 1. The van der Waals surface area contributed by atoms with Gasteiger partial charge in [-0.05, 0) is 44.5 Å². The molecule has 2 aliphatic carbocycles. The number of carbonyl (C=O) groups excluding carboxylic acids is 1. The van der Waals surface area contributed by atoms with E-state index in [1.54, 1.807) is 17.8 Å². The monoisotopic (exact) mass is 412 g/mol. The minimum Gasteiger partial charge on any atom is -0.317 e. The molecule has 2 unspecified atom stereocenters. The first-order valence-corrected chi connectivity index (χ1v) is 10.7. The Morgan fingerprint density at radius 3 is 2.75 bits per heavy atom. The minimum atomic E-state index is -2.71. The van der Waals surface area contributed by atoms with Gasteiger partial charge in [0.1, 0.15) is 17.6 Å². The number of allylic oxidation sites excluding steroid dienone is 2. The average Bonchev–Trinajstić information content (AvgIpc) is 2.98. The molecule has 2 atom stereocenters. The highest BCUT2D eigenvalue weighted by Crippen LogP contribution is 2.37. The Hall–Kier alpha value is -1.61. The summed E-state index contributed by atoms with van der Waals surface area (Å²) in [6.07, 6.45) is 4.61. The standard InChI is InChI=1S/C19H23F3N4OS/c20-14-7-12(24-11-1-4-19(21,22)9-11)8-15-17(14)18(27)26-16(25-15)10-28-13-2-5-23-6-3-13/h7-8,11,13,17,23H,1-6,9-10H2,(H,25,26,27). The zero-order valence-electron chi connectivity index (χ0n) is 15.4. The van der Waals surface area contributed by atoms with Crippen LogP contribution in [0.25, 0.3) is 0 Å². The van der Waals surface area contributed by atoms with Crippen LogP contribution in [-0.2, 0) is 4.79 Å². The van der Waals surface area contributed by atoms with E-state index in [1.807, 2.05) is 0 Å². The van der Waals surface area contributed by atoms with Gasteiger partial charge in [0.25, 0.3) is 0 Å². The Balaban J connectivity index is 1.48. The first kappa shape index (κ1) is 19.7. The quantitative estimate of drug-likeness (QED) is 0.746. The number of nitrogens with one attached hydrogen (secondary N) is 2. The molecule has 9 heteroatoms. The fourth-order valence-electron chi connectivity index (χ4n) is 3.95. The van der Waals surface area contributed by atoms with Gasteiger partial charge in [-0.25, -0.2) is 18.2 Å². The number of alkyl halides is 2. The van der Waals surface area contributed by atoms with Gasteiger partial charge in [-0.3, -0.25) is 9.79 Å². The molecule has 0 aromatic rings. The molecule has 0 bridgehead atoms. The molecule has 28 heavy (non-hydrogen) atoms. The van der Waals surface area contributed by atoms with E-state index < -0.39 is 29.6 Å². The van der Waals surface area contributed by atoms with E-state index in [-0.39, 0.29) is 25.0 Å². The van der Waals surface area contributed by atoms with E-state index in [2.05, 4.69) is 20.6 Å². The summed E-state index contributed by atoms with van der Waals surface area (Å²) >= 11 is 1.74. The van der Waals surface area contributed by atoms with Gasteiger partial charge in [-0.2, -0.15) is 11.8 Å². The summed E-state index contributed by atoms with van der Waals surface area (Å²) < 4.78 is 41.3. The maximum absolute atomic E-state index is 14.5. The topological polar surface area (TPSA) is 65.8 Å². The van der Waals surface area contributed by atoms with Crippen molar-refractivity contribution < 1.29 is 18.0 Å². The minimum absolute atomic E-state index is 0.196. The maximum atomic E-state index is 14.5. The number of thioether (sulfide) groups is 1. The average molecular weight is 412 g/mol. The Bertz CT molecular complexity index is 771. The van der Waals surface area contributed by atoms with E-state index in [4.69, 9.17) is 0 Å². The first-order chi connectivity index (χ1) is 13.4. The second-order valence-corrected chi connectivity index (χ2v) is 8.93. The van der Waals surface area contributed by atoms with Gasteiger partial charge >= 0.3 is 0 Å². The second kappa shape index (κ2) is 8.02. The lowest BCUT2D eigenvalue weighted by atomic mass is 9.94. The second-order valence-electron chi connectivity index (χ2n) is 7.65. The molecular weight excluding hydrogens is 389 g/mol. The summed E-state index contributed by atoms with van der Waals surface area (Å²) in [5.74, 6) is -3.81. The smallest absolute Gasteiger partial charge is 0.250 e. The molecule has 4 rings (SSSR count). The number of halogens is 3. The van der Waals surface area contributed by atoms with Crippen LogP contribution in [0.3, 0.4) is 0 Å². The lowest BCUT2D eigenvalue weighted by Gasteiger charge is -2.27. The lowest BCUT2D eigenvalue weighted by molar-refractivity contribution is -0.122. The van der Waals surface area contributed by atoms with Crippen LogP contribution in [-0.4, -0.2) is 53.5 Å².